The summed E-state index contributed by atoms with van der Waals surface area (Å²) in [5.74, 6) is -0.157. The summed E-state index contributed by atoms with van der Waals surface area (Å²) in [5.41, 5.74) is 1.33. The highest BCUT2D eigenvalue weighted by Crippen LogP contribution is 2.29. The summed E-state index contributed by atoms with van der Waals surface area (Å²) in [4.78, 5) is 26.9. The van der Waals surface area contributed by atoms with E-state index in [0.717, 1.165) is 18.4 Å². The lowest BCUT2D eigenvalue weighted by Crippen LogP contribution is -2.34. The minimum absolute atomic E-state index is 0.0432. The number of nitrogens with zero attached hydrogens (tertiary/aromatic N) is 1. The molecule has 1 atom stereocenters. The Balaban J connectivity index is 1.68. The molecule has 0 bridgehead atoms. The Labute approximate surface area is 92.3 Å². The first-order chi connectivity index (χ1) is 7.74. The molecule has 16 heavy (non-hydrogen) atoms. The highest BCUT2D eigenvalue weighted by molar-refractivity contribution is 6.02. The van der Waals surface area contributed by atoms with Gasteiger partial charge in [0.2, 0.25) is 5.91 Å². The Morgan fingerprint density at radius 2 is 2.25 bits per heavy atom. The predicted molar refractivity (Wildman–Crippen MR) is 57.5 cm³/mol. The highest BCUT2D eigenvalue weighted by atomic mass is 16.2. The topological polar surface area (TPSA) is 70.6 Å². The fourth-order valence-electron chi connectivity index (χ4n) is 1.68. The highest BCUT2D eigenvalue weighted by Gasteiger charge is 2.33. The van der Waals surface area contributed by atoms with Gasteiger partial charge in [-0.2, -0.15) is 0 Å². The van der Waals surface area contributed by atoms with Gasteiger partial charge >= 0.3 is 0 Å². The number of hydrogen-bond donors (Lipinski definition) is 2. The van der Waals surface area contributed by atoms with Crippen LogP contribution in [0.25, 0.3) is 0 Å². The Morgan fingerprint density at radius 3 is 2.81 bits per heavy atom. The second kappa shape index (κ2) is 3.30. The zero-order valence-corrected chi connectivity index (χ0v) is 8.56. The van der Waals surface area contributed by atoms with Gasteiger partial charge in [-0.3, -0.25) is 14.6 Å². The minimum atomic E-state index is -0.222. The molecule has 0 aromatic heterocycles. The molecule has 2 amide bonds. The molecule has 0 spiro atoms. The van der Waals surface area contributed by atoms with E-state index in [0.29, 0.717) is 5.70 Å². The molecule has 3 aliphatic rings. The first kappa shape index (κ1) is 9.33. The number of aliphatic imine (C=N–C) groups is 1. The van der Waals surface area contributed by atoms with Gasteiger partial charge in [0.25, 0.3) is 5.91 Å². The van der Waals surface area contributed by atoms with Gasteiger partial charge in [-0.25, -0.2) is 0 Å². The second-order valence-electron chi connectivity index (χ2n) is 4.20. The molecule has 5 heteroatoms. The van der Waals surface area contributed by atoms with Crippen LogP contribution < -0.4 is 10.6 Å². The van der Waals surface area contributed by atoms with Crippen molar-refractivity contribution in [3.63, 3.8) is 0 Å². The van der Waals surface area contributed by atoms with E-state index in [1.807, 2.05) is 0 Å². The maximum absolute atomic E-state index is 11.5. The fourth-order valence-corrected chi connectivity index (χ4v) is 1.68. The van der Waals surface area contributed by atoms with Crippen LogP contribution in [0, 0.1) is 5.92 Å². The molecule has 2 N–H and O–H groups in total. The Kier molecular flexibility index (Phi) is 1.92. The standard InChI is InChI=1S/C11H11N3O2/c15-10(6-1-2-6)14-9-3-8(13-11(9)16)7-4-12-5-7/h3-6,8H,1-2H2,(H,13,16)(H,14,15). The third kappa shape index (κ3) is 1.54. The van der Waals surface area contributed by atoms with Crippen molar-refractivity contribution in [2.24, 2.45) is 10.9 Å². The van der Waals surface area contributed by atoms with Crippen LogP contribution in [-0.2, 0) is 9.59 Å². The molecule has 1 fully saturated rings. The quantitative estimate of drug-likeness (QED) is 0.691. The van der Waals surface area contributed by atoms with Gasteiger partial charge in [0.05, 0.1) is 6.04 Å². The summed E-state index contributed by atoms with van der Waals surface area (Å²) in [6.45, 7) is 0. The molecular formula is C11H11N3O2. The van der Waals surface area contributed by atoms with Gasteiger partial charge in [0, 0.05) is 23.9 Å². The molecular weight excluding hydrogens is 206 g/mol. The van der Waals surface area contributed by atoms with Crippen molar-refractivity contribution in [3.05, 3.63) is 23.5 Å². The van der Waals surface area contributed by atoms with E-state index in [4.69, 9.17) is 0 Å². The zero-order chi connectivity index (χ0) is 11.1. The largest absolute Gasteiger partial charge is 0.340 e. The average molecular weight is 217 g/mol. The Morgan fingerprint density at radius 1 is 1.50 bits per heavy atom. The number of nitrogens with one attached hydrogen (secondary N) is 2. The minimum Gasteiger partial charge on any atom is -0.340 e. The van der Waals surface area contributed by atoms with Crippen LogP contribution >= 0.6 is 0 Å². The first-order valence-corrected chi connectivity index (χ1v) is 5.31. The van der Waals surface area contributed by atoms with Crippen LogP contribution in [0.4, 0.5) is 0 Å². The summed E-state index contributed by atoms with van der Waals surface area (Å²) < 4.78 is 0. The van der Waals surface area contributed by atoms with Crippen molar-refractivity contribution in [1.29, 1.82) is 0 Å². The molecule has 1 unspecified atom stereocenters. The molecule has 3 rings (SSSR count). The molecule has 2 aliphatic heterocycles. The van der Waals surface area contributed by atoms with Crippen LogP contribution in [0.2, 0.25) is 0 Å². The van der Waals surface area contributed by atoms with Gasteiger partial charge in [-0.05, 0) is 18.9 Å². The normalized spacial score (nSPS) is 26.8. The summed E-state index contributed by atoms with van der Waals surface area (Å²) in [7, 11) is 0. The summed E-state index contributed by atoms with van der Waals surface area (Å²) in [6.07, 6.45) is 7.00. The summed E-state index contributed by atoms with van der Waals surface area (Å²) in [6, 6.07) is -0.139. The third-order valence-electron chi connectivity index (χ3n) is 2.88. The fraction of sp³-hybridized carbons (Fsp3) is 0.364. The van der Waals surface area contributed by atoms with Gasteiger partial charge in [-0.1, -0.05) is 0 Å². The average Bonchev–Trinajstić information content (AvgIpc) is 2.92. The zero-order valence-electron chi connectivity index (χ0n) is 8.56. The van der Waals surface area contributed by atoms with Gasteiger partial charge in [0.1, 0.15) is 5.70 Å². The number of rotatable bonds is 3. The molecule has 5 nitrogen and oxygen atoms in total. The smallest absolute Gasteiger partial charge is 0.268 e. The van der Waals surface area contributed by atoms with E-state index >= 15 is 0 Å². The van der Waals surface area contributed by atoms with Crippen LogP contribution in [0.1, 0.15) is 12.8 Å². The SMILES string of the molecule is O=C1NC(C2=CN=C2)C=C1NC(=O)C1CC1. The predicted octanol–water partition coefficient (Wildman–Crippen LogP) is -0.137. The maximum atomic E-state index is 11.5. The summed E-state index contributed by atoms with van der Waals surface area (Å²) >= 11 is 0. The van der Waals surface area contributed by atoms with Gasteiger partial charge in [-0.15, -0.1) is 0 Å². The lowest BCUT2D eigenvalue weighted by molar-refractivity contribution is -0.124. The molecule has 0 aromatic rings. The van der Waals surface area contributed by atoms with Crippen molar-refractivity contribution in [1.82, 2.24) is 10.6 Å². The lowest BCUT2D eigenvalue weighted by Gasteiger charge is -2.11. The number of hydrogen-bond acceptors (Lipinski definition) is 3. The first-order valence-electron chi connectivity index (χ1n) is 5.31. The number of carbonyl (C=O) groups is 2. The Bertz CT molecular complexity index is 458. The van der Waals surface area contributed by atoms with Crippen LogP contribution in [0.15, 0.2) is 28.5 Å². The molecule has 0 aromatic carbocycles. The third-order valence-corrected chi connectivity index (χ3v) is 2.88. The summed E-state index contributed by atoms with van der Waals surface area (Å²) in [5, 5.41) is 5.43. The van der Waals surface area contributed by atoms with Crippen molar-refractivity contribution >= 4 is 18.0 Å². The van der Waals surface area contributed by atoms with Crippen LogP contribution in [0.3, 0.4) is 0 Å². The molecule has 2 heterocycles. The molecule has 1 saturated carbocycles. The van der Waals surface area contributed by atoms with Crippen molar-refractivity contribution in [2.75, 3.05) is 0 Å². The van der Waals surface area contributed by atoms with E-state index in [1.165, 1.54) is 0 Å². The molecule has 0 saturated heterocycles. The van der Waals surface area contributed by atoms with Crippen LogP contribution in [0.5, 0.6) is 0 Å². The van der Waals surface area contributed by atoms with Gasteiger partial charge < -0.3 is 10.6 Å². The van der Waals surface area contributed by atoms with Crippen molar-refractivity contribution in [2.45, 2.75) is 18.9 Å². The van der Waals surface area contributed by atoms with E-state index < -0.39 is 0 Å². The van der Waals surface area contributed by atoms with E-state index in [-0.39, 0.29) is 23.8 Å². The van der Waals surface area contributed by atoms with E-state index in [9.17, 15) is 9.59 Å². The lowest BCUT2D eigenvalue weighted by atomic mass is 10.1. The maximum Gasteiger partial charge on any atom is 0.268 e. The number of amides is 2. The Hall–Kier alpha value is -1.91. The molecule has 1 aliphatic carbocycles. The van der Waals surface area contributed by atoms with Crippen LogP contribution in [-0.4, -0.2) is 24.1 Å². The molecule has 82 valence electrons. The van der Waals surface area contributed by atoms with Gasteiger partial charge in [0.15, 0.2) is 0 Å². The van der Waals surface area contributed by atoms with Crippen molar-refractivity contribution in [3.8, 4) is 0 Å². The van der Waals surface area contributed by atoms with E-state index in [1.54, 1.807) is 18.5 Å². The second-order valence-corrected chi connectivity index (χ2v) is 4.20. The number of carbonyl (C=O) groups excluding carboxylic acids is 2. The monoisotopic (exact) mass is 217 g/mol. The van der Waals surface area contributed by atoms with Crippen molar-refractivity contribution < 1.29 is 9.59 Å². The molecule has 0 radical (unpaired) electrons. The van der Waals surface area contributed by atoms with E-state index in [2.05, 4.69) is 15.6 Å².